The molecule has 0 saturated carbocycles. The summed E-state index contributed by atoms with van der Waals surface area (Å²) in [6.07, 6.45) is 1.52. The molecule has 0 rings (SSSR count). The number of hydrogen-bond donors (Lipinski definition) is 2. The number of rotatable bonds is 10. The topological polar surface area (TPSA) is 59.6 Å². The largest absolute Gasteiger partial charge is 0.444 e. The lowest BCUT2D eigenvalue weighted by Gasteiger charge is -2.23. The molecule has 0 radical (unpaired) electrons. The smallest absolute Gasteiger partial charge is 0.407 e. The van der Waals surface area contributed by atoms with Crippen LogP contribution in [-0.2, 0) is 9.47 Å². The molecular weight excluding hydrogens is 280 g/mol. The van der Waals surface area contributed by atoms with Crippen molar-refractivity contribution < 1.29 is 14.3 Å². The normalized spacial score (nSPS) is 14.7. The molecule has 5 heteroatoms. The van der Waals surface area contributed by atoms with Crippen molar-refractivity contribution in [3.8, 4) is 0 Å². The highest BCUT2D eigenvalue weighted by Crippen LogP contribution is 2.09. The Balaban J connectivity index is 3.93. The number of ether oxygens (including phenoxy) is 2. The second-order valence-corrected chi connectivity index (χ2v) is 7.35. The molecule has 2 atom stereocenters. The Hall–Kier alpha value is -0.810. The van der Waals surface area contributed by atoms with Gasteiger partial charge in [-0.15, -0.1) is 0 Å². The zero-order valence-corrected chi connectivity index (χ0v) is 15.5. The van der Waals surface area contributed by atoms with Crippen LogP contribution in [0, 0.1) is 11.8 Å². The SMILES string of the molecule is COCC(CCCNC(=O)OC(C)(C)C)NCC(C)C(C)C. The van der Waals surface area contributed by atoms with Crippen LogP contribution in [0.1, 0.15) is 54.4 Å². The van der Waals surface area contributed by atoms with Crippen LogP contribution in [0.2, 0.25) is 0 Å². The van der Waals surface area contributed by atoms with Crippen molar-refractivity contribution in [3.05, 3.63) is 0 Å². The molecule has 0 spiro atoms. The van der Waals surface area contributed by atoms with Gasteiger partial charge in [-0.3, -0.25) is 0 Å². The van der Waals surface area contributed by atoms with Crippen molar-refractivity contribution in [1.29, 1.82) is 0 Å². The summed E-state index contributed by atoms with van der Waals surface area (Å²) in [5, 5.41) is 6.35. The molecule has 0 aromatic rings. The van der Waals surface area contributed by atoms with Crippen molar-refractivity contribution in [2.24, 2.45) is 11.8 Å². The van der Waals surface area contributed by atoms with Gasteiger partial charge in [0.2, 0.25) is 0 Å². The van der Waals surface area contributed by atoms with E-state index in [-0.39, 0.29) is 6.09 Å². The van der Waals surface area contributed by atoms with Crippen LogP contribution in [0.15, 0.2) is 0 Å². The number of nitrogens with one attached hydrogen (secondary N) is 2. The number of carbonyl (C=O) groups is 1. The summed E-state index contributed by atoms with van der Waals surface area (Å²) in [6, 6.07) is 0.326. The van der Waals surface area contributed by atoms with Gasteiger partial charge in [0.1, 0.15) is 5.60 Å². The molecule has 5 nitrogen and oxygen atoms in total. The number of alkyl carbamates (subject to hydrolysis) is 1. The number of amides is 1. The van der Waals surface area contributed by atoms with Gasteiger partial charge in [-0.2, -0.15) is 0 Å². The van der Waals surface area contributed by atoms with Gasteiger partial charge >= 0.3 is 6.09 Å². The predicted octanol–water partition coefficient (Wildman–Crippen LogP) is 3.19. The highest BCUT2D eigenvalue weighted by Gasteiger charge is 2.16. The lowest BCUT2D eigenvalue weighted by molar-refractivity contribution is 0.0526. The van der Waals surface area contributed by atoms with Gasteiger partial charge in [0.05, 0.1) is 6.61 Å². The first-order chi connectivity index (χ1) is 10.2. The van der Waals surface area contributed by atoms with Crippen molar-refractivity contribution in [1.82, 2.24) is 10.6 Å². The molecule has 22 heavy (non-hydrogen) atoms. The van der Waals surface area contributed by atoms with Gasteiger partial charge in [-0.25, -0.2) is 4.79 Å². The van der Waals surface area contributed by atoms with E-state index in [4.69, 9.17) is 9.47 Å². The third-order valence-corrected chi connectivity index (χ3v) is 3.63. The van der Waals surface area contributed by atoms with E-state index in [2.05, 4.69) is 31.4 Å². The van der Waals surface area contributed by atoms with Crippen LogP contribution in [0.4, 0.5) is 4.79 Å². The molecule has 0 fully saturated rings. The van der Waals surface area contributed by atoms with Crippen molar-refractivity contribution >= 4 is 6.09 Å². The predicted molar refractivity (Wildman–Crippen MR) is 91.1 cm³/mol. The van der Waals surface area contributed by atoms with Crippen LogP contribution in [0.3, 0.4) is 0 Å². The second-order valence-electron chi connectivity index (χ2n) is 7.35. The lowest BCUT2D eigenvalue weighted by atomic mass is 9.97. The van der Waals surface area contributed by atoms with E-state index < -0.39 is 5.60 Å². The quantitative estimate of drug-likeness (QED) is 0.608. The zero-order chi connectivity index (χ0) is 17.2. The van der Waals surface area contributed by atoms with Gasteiger partial charge in [-0.05, 0) is 52.0 Å². The Morgan fingerprint density at radius 1 is 1.18 bits per heavy atom. The van der Waals surface area contributed by atoms with Crippen LogP contribution >= 0.6 is 0 Å². The van der Waals surface area contributed by atoms with Gasteiger partial charge in [0.15, 0.2) is 0 Å². The van der Waals surface area contributed by atoms with E-state index in [1.54, 1.807) is 7.11 Å². The molecular formula is C17H36N2O3. The minimum atomic E-state index is -0.447. The zero-order valence-electron chi connectivity index (χ0n) is 15.5. The molecule has 132 valence electrons. The van der Waals surface area contributed by atoms with Crippen molar-refractivity contribution in [3.63, 3.8) is 0 Å². The molecule has 0 aliphatic heterocycles. The van der Waals surface area contributed by atoms with Gasteiger partial charge in [0.25, 0.3) is 0 Å². The summed E-state index contributed by atoms with van der Waals surface area (Å²) < 4.78 is 10.5. The Kier molecular flexibility index (Phi) is 10.4. The first kappa shape index (κ1) is 21.2. The van der Waals surface area contributed by atoms with E-state index >= 15 is 0 Å². The molecule has 2 N–H and O–H groups in total. The van der Waals surface area contributed by atoms with Gasteiger partial charge in [0, 0.05) is 19.7 Å². The van der Waals surface area contributed by atoms with Crippen LogP contribution < -0.4 is 10.6 Å². The molecule has 1 amide bonds. The molecule has 2 unspecified atom stereocenters. The van der Waals surface area contributed by atoms with Crippen molar-refractivity contribution in [2.45, 2.75) is 66.0 Å². The van der Waals surface area contributed by atoms with Gasteiger partial charge < -0.3 is 20.1 Å². The Labute approximate surface area is 136 Å². The minimum Gasteiger partial charge on any atom is -0.444 e. The average Bonchev–Trinajstić information content (AvgIpc) is 2.38. The van der Waals surface area contributed by atoms with E-state index in [1.807, 2.05) is 20.8 Å². The summed E-state index contributed by atoms with van der Waals surface area (Å²) in [6.45, 7) is 14.6. The maximum Gasteiger partial charge on any atom is 0.407 e. The first-order valence-corrected chi connectivity index (χ1v) is 8.35. The molecule has 0 aromatic carbocycles. The summed E-state index contributed by atoms with van der Waals surface area (Å²) in [5.41, 5.74) is -0.447. The molecule has 0 heterocycles. The fourth-order valence-electron chi connectivity index (χ4n) is 1.89. The molecule has 0 aliphatic rings. The van der Waals surface area contributed by atoms with E-state index in [1.165, 1.54) is 0 Å². The number of methoxy groups -OCH3 is 1. The van der Waals surface area contributed by atoms with Crippen LogP contribution in [0.25, 0.3) is 0 Å². The Morgan fingerprint density at radius 3 is 2.32 bits per heavy atom. The first-order valence-electron chi connectivity index (χ1n) is 8.35. The van der Waals surface area contributed by atoms with Crippen LogP contribution in [0.5, 0.6) is 0 Å². The van der Waals surface area contributed by atoms with Gasteiger partial charge in [-0.1, -0.05) is 20.8 Å². The second kappa shape index (κ2) is 10.8. The summed E-state index contributed by atoms with van der Waals surface area (Å²) >= 11 is 0. The highest BCUT2D eigenvalue weighted by atomic mass is 16.6. The Bertz CT molecular complexity index is 301. The standard InChI is InChI=1S/C17H36N2O3/c1-13(2)14(3)11-19-15(12-21-7)9-8-10-18-16(20)22-17(4,5)6/h13-15,19H,8-12H2,1-7H3,(H,18,20). The fraction of sp³-hybridized carbons (Fsp3) is 0.941. The summed E-state index contributed by atoms with van der Waals surface area (Å²) in [5.74, 6) is 1.31. The molecule has 0 aliphatic carbocycles. The minimum absolute atomic E-state index is 0.326. The third kappa shape index (κ3) is 11.8. The lowest BCUT2D eigenvalue weighted by Crippen LogP contribution is -2.38. The summed E-state index contributed by atoms with van der Waals surface area (Å²) in [4.78, 5) is 11.5. The monoisotopic (exact) mass is 316 g/mol. The highest BCUT2D eigenvalue weighted by molar-refractivity contribution is 5.67. The maximum absolute atomic E-state index is 11.5. The number of carbonyl (C=O) groups excluding carboxylic acids is 1. The van der Waals surface area contributed by atoms with Crippen molar-refractivity contribution in [2.75, 3.05) is 26.8 Å². The number of hydrogen-bond acceptors (Lipinski definition) is 4. The molecule has 0 bridgehead atoms. The maximum atomic E-state index is 11.5. The average molecular weight is 316 g/mol. The van der Waals surface area contributed by atoms with Crippen LogP contribution in [-0.4, -0.2) is 44.5 Å². The Morgan fingerprint density at radius 2 is 1.82 bits per heavy atom. The third-order valence-electron chi connectivity index (χ3n) is 3.63. The molecule has 0 saturated heterocycles. The molecule has 0 aromatic heterocycles. The fourth-order valence-corrected chi connectivity index (χ4v) is 1.89. The van der Waals surface area contributed by atoms with E-state index in [9.17, 15) is 4.79 Å². The van der Waals surface area contributed by atoms with E-state index in [0.29, 0.717) is 31.0 Å². The van der Waals surface area contributed by atoms with E-state index in [0.717, 1.165) is 19.4 Å². The summed E-state index contributed by atoms with van der Waals surface area (Å²) in [7, 11) is 1.72.